The van der Waals surface area contributed by atoms with Crippen LogP contribution in [0.1, 0.15) is 29.7 Å². The molecule has 7 heteroatoms. The molecule has 0 unspecified atom stereocenters. The van der Waals surface area contributed by atoms with Crippen LogP contribution in [0.15, 0.2) is 30.3 Å². The number of nitrogens with one attached hydrogen (secondary N) is 1. The molecule has 0 aromatic heterocycles. The summed E-state index contributed by atoms with van der Waals surface area (Å²) >= 11 is 12.2. The Hall–Kier alpha value is -1.95. The summed E-state index contributed by atoms with van der Waals surface area (Å²) in [6.45, 7) is 3.74. The van der Waals surface area contributed by atoms with Crippen molar-refractivity contribution in [2.45, 2.75) is 25.9 Å². The van der Waals surface area contributed by atoms with Gasteiger partial charge in [0.1, 0.15) is 0 Å². The van der Waals surface area contributed by atoms with E-state index in [0.717, 1.165) is 29.8 Å². The first-order valence-electron chi connectivity index (χ1n) is 9.11. The maximum absolute atomic E-state index is 12.5. The topological polar surface area (TPSA) is 50.8 Å². The Morgan fingerprint density at radius 2 is 1.82 bits per heavy atom. The maximum Gasteiger partial charge on any atom is 0.234 e. The van der Waals surface area contributed by atoms with E-state index in [1.54, 1.807) is 26.4 Å². The quantitative estimate of drug-likeness (QED) is 0.755. The largest absolute Gasteiger partial charge is 0.493 e. The van der Waals surface area contributed by atoms with Gasteiger partial charge in [0.05, 0.1) is 26.8 Å². The fourth-order valence-electron chi connectivity index (χ4n) is 3.50. The first kappa shape index (κ1) is 20.8. The number of amides is 1. The number of ether oxygens (including phenoxy) is 2. The zero-order valence-electron chi connectivity index (χ0n) is 16.2. The average molecular weight is 423 g/mol. The molecule has 1 aliphatic heterocycles. The molecule has 28 heavy (non-hydrogen) atoms. The summed E-state index contributed by atoms with van der Waals surface area (Å²) in [4.78, 5) is 14.7. The normalized spacial score (nSPS) is 14.9. The highest BCUT2D eigenvalue weighted by Gasteiger charge is 2.22. The smallest absolute Gasteiger partial charge is 0.234 e. The van der Waals surface area contributed by atoms with Gasteiger partial charge in [-0.05, 0) is 54.3 Å². The Morgan fingerprint density at radius 3 is 2.46 bits per heavy atom. The van der Waals surface area contributed by atoms with Gasteiger partial charge >= 0.3 is 0 Å². The summed E-state index contributed by atoms with van der Waals surface area (Å²) < 4.78 is 10.8. The van der Waals surface area contributed by atoms with Crippen molar-refractivity contribution in [3.63, 3.8) is 0 Å². The zero-order chi connectivity index (χ0) is 20.3. The summed E-state index contributed by atoms with van der Waals surface area (Å²) in [6, 6.07) is 9.12. The fourth-order valence-corrected chi connectivity index (χ4v) is 4.07. The number of rotatable bonds is 6. The molecule has 0 radical (unpaired) electrons. The van der Waals surface area contributed by atoms with Crippen LogP contribution in [0.25, 0.3) is 0 Å². The van der Waals surface area contributed by atoms with E-state index in [1.807, 2.05) is 25.1 Å². The molecule has 1 N–H and O–H groups in total. The molecule has 1 heterocycles. The van der Waals surface area contributed by atoms with Crippen molar-refractivity contribution >= 4 is 29.1 Å². The van der Waals surface area contributed by atoms with Gasteiger partial charge in [0.15, 0.2) is 11.5 Å². The number of fused-ring (bicyclic) bond motifs is 1. The molecule has 2 aromatic carbocycles. The van der Waals surface area contributed by atoms with Crippen molar-refractivity contribution in [1.82, 2.24) is 10.2 Å². The van der Waals surface area contributed by atoms with Gasteiger partial charge in [0.2, 0.25) is 5.91 Å². The first-order chi connectivity index (χ1) is 13.4. The Kier molecular flexibility index (Phi) is 6.70. The Morgan fingerprint density at radius 1 is 1.14 bits per heavy atom. The molecule has 2 aromatic rings. The molecule has 150 valence electrons. The summed E-state index contributed by atoms with van der Waals surface area (Å²) in [5, 5.41) is 4.14. The van der Waals surface area contributed by atoms with Crippen LogP contribution in [0.4, 0.5) is 0 Å². The molecule has 1 aliphatic rings. The third-order valence-electron chi connectivity index (χ3n) is 4.97. The van der Waals surface area contributed by atoms with E-state index in [9.17, 15) is 4.79 Å². The number of methoxy groups -OCH3 is 2. The molecular weight excluding hydrogens is 399 g/mol. The number of carbonyl (C=O) groups excluding carboxylic acids is 1. The molecule has 0 bridgehead atoms. The predicted molar refractivity (Wildman–Crippen MR) is 112 cm³/mol. The van der Waals surface area contributed by atoms with Crippen molar-refractivity contribution in [2.75, 3.05) is 27.3 Å². The summed E-state index contributed by atoms with van der Waals surface area (Å²) in [5.41, 5.74) is 3.24. The number of hydrogen-bond donors (Lipinski definition) is 1. The van der Waals surface area contributed by atoms with Gasteiger partial charge in [-0.1, -0.05) is 29.3 Å². The zero-order valence-corrected chi connectivity index (χ0v) is 17.7. The van der Waals surface area contributed by atoms with E-state index in [2.05, 4.69) is 10.2 Å². The lowest BCUT2D eigenvalue weighted by atomic mass is 9.98. The standard InChI is InChI=1S/C21H24Cl2N2O3/c1-13(17-5-4-16(22)10-18(17)23)24-21(26)12-25-7-6-14-8-19(27-2)20(28-3)9-15(14)11-25/h4-5,8-10,13H,6-7,11-12H2,1-3H3,(H,24,26)/t13-/m1/s1. The minimum absolute atomic E-state index is 0.0394. The minimum atomic E-state index is -0.196. The van der Waals surface area contributed by atoms with Crippen molar-refractivity contribution < 1.29 is 14.3 Å². The highest BCUT2D eigenvalue weighted by molar-refractivity contribution is 6.35. The Balaban J connectivity index is 1.62. The lowest BCUT2D eigenvalue weighted by Crippen LogP contribution is -2.40. The monoisotopic (exact) mass is 422 g/mol. The van der Waals surface area contributed by atoms with E-state index >= 15 is 0 Å². The van der Waals surface area contributed by atoms with Crippen molar-refractivity contribution in [3.8, 4) is 11.5 Å². The summed E-state index contributed by atoms with van der Waals surface area (Å²) in [7, 11) is 3.26. The number of halogens is 2. The molecule has 0 aliphatic carbocycles. The molecule has 5 nitrogen and oxygen atoms in total. The second-order valence-electron chi connectivity index (χ2n) is 6.89. The molecule has 1 amide bonds. The maximum atomic E-state index is 12.5. The average Bonchev–Trinajstić information content (AvgIpc) is 2.66. The lowest BCUT2D eigenvalue weighted by Gasteiger charge is -2.29. The number of hydrogen-bond acceptors (Lipinski definition) is 4. The van der Waals surface area contributed by atoms with Crippen molar-refractivity contribution in [3.05, 3.63) is 57.1 Å². The SMILES string of the molecule is COc1cc2c(cc1OC)CN(CC(=O)N[C@H](C)c1ccc(Cl)cc1Cl)CC2. The first-order valence-corrected chi connectivity index (χ1v) is 9.87. The van der Waals surface area contributed by atoms with Gasteiger partial charge in [-0.3, -0.25) is 9.69 Å². The van der Waals surface area contributed by atoms with Gasteiger partial charge in [-0.2, -0.15) is 0 Å². The van der Waals surface area contributed by atoms with Crippen LogP contribution in [0.3, 0.4) is 0 Å². The molecule has 1 atom stereocenters. The number of benzene rings is 2. The van der Waals surface area contributed by atoms with E-state index < -0.39 is 0 Å². The molecule has 0 fully saturated rings. The number of carbonyl (C=O) groups is 1. The minimum Gasteiger partial charge on any atom is -0.493 e. The highest BCUT2D eigenvalue weighted by Crippen LogP contribution is 2.33. The summed E-state index contributed by atoms with van der Waals surface area (Å²) in [6.07, 6.45) is 0.863. The predicted octanol–water partition coefficient (Wildman–Crippen LogP) is 4.25. The fraction of sp³-hybridized carbons (Fsp3) is 0.381. The van der Waals surface area contributed by atoms with Crippen molar-refractivity contribution in [2.24, 2.45) is 0 Å². The van der Waals surface area contributed by atoms with Gasteiger partial charge in [-0.25, -0.2) is 0 Å². The second-order valence-corrected chi connectivity index (χ2v) is 7.74. The van der Waals surface area contributed by atoms with Crippen LogP contribution in [-0.2, 0) is 17.8 Å². The van der Waals surface area contributed by atoms with Gasteiger partial charge < -0.3 is 14.8 Å². The van der Waals surface area contributed by atoms with E-state index in [1.165, 1.54) is 5.56 Å². The third-order valence-corrected chi connectivity index (χ3v) is 5.53. The van der Waals surface area contributed by atoms with Crippen molar-refractivity contribution in [1.29, 1.82) is 0 Å². The Bertz CT molecular complexity index is 873. The van der Waals surface area contributed by atoms with Crippen LogP contribution in [0, 0.1) is 0 Å². The lowest BCUT2D eigenvalue weighted by molar-refractivity contribution is -0.123. The molecule has 3 rings (SSSR count). The highest BCUT2D eigenvalue weighted by atomic mass is 35.5. The molecular formula is C21H24Cl2N2O3. The molecule has 0 spiro atoms. The van der Waals surface area contributed by atoms with E-state index in [-0.39, 0.29) is 11.9 Å². The van der Waals surface area contributed by atoms with Crippen LogP contribution < -0.4 is 14.8 Å². The Labute approximate surface area is 175 Å². The van der Waals surface area contributed by atoms with Gasteiger partial charge in [0.25, 0.3) is 0 Å². The van der Waals surface area contributed by atoms with Gasteiger partial charge in [0, 0.05) is 23.1 Å². The van der Waals surface area contributed by atoms with E-state index in [4.69, 9.17) is 32.7 Å². The van der Waals surface area contributed by atoms with Crippen LogP contribution >= 0.6 is 23.2 Å². The molecule has 0 saturated carbocycles. The summed E-state index contributed by atoms with van der Waals surface area (Å²) in [5.74, 6) is 1.40. The third kappa shape index (κ3) is 4.72. The van der Waals surface area contributed by atoms with Crippen LogP contribution in [-0.4, -0.2) is 38.1 Å². The van der Waals surface area contributed by atoms with Crippen LogP contribution in [0.5, 0.6) is 11.5 Å². The molecule has 0 saturated heterocycles. The second kappa shape index (κ2) is 9.03. The van der Waals surface area contributed by atoms with Gasteiger partial charge in [-0.15, -0.1) is 0 Å². The van der Waals surface area contributed by atoms with E-state index in [0.29, 0.717) is 28.9 Å². The number of nitrogens with zero attached hydrogens (tertiary/aromatic N) is 1. The van der Waals surface area contributed by atoms with Crippen LogP contribution in [0.2, 0.25) is 10.0 Å².